The standard InChI is InChI=1S/C19H17ClN2O2S/c1-13-3-2-4-15(9-13)21-18(23)10-16-12-25-19(22-16)11-24-17-7-5-14(20)6-8-17/h2-9,12H,10-11H2,1H3,(H,21,23). The van der Waals surface area contributed by atoms with Gasteiger partial charge in [-0.2, -0.15) is 0 Å². The van der Waals surface area contributed by atoms with Gasteiger partial charge in [0.25, 0.3) is 0 Å². The van der Waals surface area contributed by atoms with Crippen LogP contribution >= 0.6 is 22.9 Å². The summed E-state index contributed by atoms with van der Waals surface area (Å²) in [7, 11) is 0. The van der Waals surface area contributed by atoms with Crippen LogP contribution in [0.1, 0.15) is 16.3 Å². The van der Waals surface area contributed by atoms with Gasteiger partial charge >= 0.3 is 0 Å². The van der Waals surface area contributed by atoms with Crippen molar-refractivity contribution < 1.29 is 9.53 Å². The van der Waals surface area contributed by atoms with Gasteiger partial charge in [-0.3, -0.25) is 4.79 Å². The molecular formula is C19H17ClN2O2S. The monoisotopic (exact) mass is 372 g/mol. The Kier molecular flexibility index (Phi) is 5.68. The van der Waals surface area contributed by atoms with E-state index >= 15 is 0 Å². The molecule has 6 heteroatoms. The summed E-state index contributed by atoms with van der Waals surface area (Å²) < 4.78 is 5.66. The highest BCUT2D eigenvalue weighted by Crippen LogP contribution is 2.18. The lowest BCUT2D eigenvalue weighted by Gasteiger charge is -2.05. The van der Waals surface area contributed by atoms with Crippen molar-refractivity contribution in [3.05, 3.63) is 75.2 Å². The molecule has 0 unspecified atom stereocenters. The Morgan fingerprint density at radius 1 is 1.24 bits per heavy atom. The molecule has 3 aromatic rings. The lowest BCUT2D eigenvalue weighted by Crippen LogP contribution is -2.14. The number of aromatic nitrogens is 1. The number of hydrogen-bond acceptors (Lipinski definition) is 4. The molecule has 3 rings (SSSR count). The molecule has 2 aromatic carbocycles. The van der Waals surface area contributed by atoms with Crippen molar-refractivity contribution in [3.63, 3.8) is 0 Å². The number of nitrogens with zero attached hydrogens (tertiary/aromatic N) is 1. The fourth-order valence-electron chi connectivity index (χ4n) is 2.26. The average molecular weight is 373 g/mol. The predicted octanol–water partition coefficient (Wildman–Crippen LogP) is 4.87. The van der Waals surface area contributed by atoms with Crippen LogP contribution in [-0.2, 0) is 17.8 Å². The van der Waals surface area contributed by atoms with E-state index in [1.807, 2.05) is 48.7 Å². The number of halogens is 1. The molecule has 1 heterocycles. The van der Waals surface area contributed by atoms with Crippen LogP contribution in [0.4, 0.5) is 5.69 Å². The lowest BCUT2D eigenvalue weighted by molar-refractivity contribution is -0.115. The number of benzene rings is 2. The lowest BCUT2D eigenvalue weighted by atomic mass is 10.2. The Morgan fingerprint density at radius 2 is 2.04 bits per heavy atom. The van der Waals surface area contributed by atoms with Gasteiger partial charge in [-0.1, -0.05) is 23.7 Å². The molecule has 0 fully saturated rings. The summed E-state index contributed by atoms with van der Waals surface area (Å²) in [5.74, 6) is 0.652. The predicted molar refractivity (Wildman–Crippen MR) is 101 cm³/mol. The molecule has 0 bridgehead atoms. The Bertz CT molecular complexity index is 862. The van der Waals surface area contributed by atoms with Crippen LogP contribution in [0, 0.1) is 6.92 Å². The number of amides is 1. The summed E-state index contributed by atoms with van der Waals surface area (Å²) in [6.07, 6.45) is 0.241. The highest BCUT2D eigenvalue weighted by atomic mass is 35.5. The van der Waals surface area contributed by atoms with Gasteiger partial charge in [-0.15, -0.1) is 11.3 Å². The van der Waals surface area contributed by atoms with E-state index in [9.17, 15) is 4.79 Å². The minimum atomic E-state index is -0.0823. The molecule has 0 radical (unpaired) electrons. The van der Waals surface area contributed by atoms with Gasteiger partial charge in [0.2, 0.25) is 5.91 Å². The molecule has 0 aliphatic heterocycles. The van der Waals surface area contributed by atoms with Crippen LogP contribution in [0.2, 0.25) is 5.02 Å². The summed E-state index contributed by atoms with van der Waals surface area (Å²) in [4.78, 5) is 16.6. The summed E-state index contributed by atoms with van der Waals surface area (Å²) >= 11 is 7.32. The topological polar surface area (TPSA) is 51.2 Å². The fraction of sp³-hybridized carbons (Fsp3) is 0.158. The van der Waals surface area contributed by atoms with E-state index in [1.54, 1.807) is 12.1 Å². The maximum atomic E-state index is 12.1. The number of aryl methyl sites for hydroxylation is 1. The number of ether oxygens (including phenoxy) is 1. The molecule has 0 aliphatic rings. The van der Waals surface area contributed by atoms with E-state index in [2.05, 4.69) is 10.3 Å². The molecule has 0 saturated heterocycles. The third-order valence-corrected chi connectivity index (χ3v) is 4.54. The zero-order valence-corrected chi connectivity index (χ0v) is 15.2. The van der Waals surface area contributed by atoms with Gasteiger partial charge in [-0.25, -0.2) is 4.98 Å². The zero-order valence-electron chi connectivity index (χ0n) is 13.7. The number of hydrogen-bond donors (Lipinski definition) is 1. The number of nitrogens with one attached hydrogen (secondary N) is 1. The van der Waals surface area contributed by atoms with Crippen LogP contribution in [0.15, 0.2) is 53.9 Å². The Morgan fingerprint density at radius 3 is 2.80 bits per heavy atom. The van der Waals surface area contributed by atoms with E-state index in [0.29, 0.717) is 11.6 Å². The summed E-state index contributed by atoms with van der Waals surface area (Å²) in [5.41, 5.74) is 2.64. The number of carbonyl (C=O) groups excluding carboxylic acids is 1. The fourth-order valence-corrected chi connectivity index (χ4v) is 3.10. The van der Waals surface area contributed by atoms with E-state index < -0.39 is 0 Å². The number of carbonyl (C=O) groups is 1. The first kappa shape index (κ1) is 17.5. The highest BCUT2D eigenvalue weighted by molar-refractivity contribution is 7.09. The van der Waals surface area contributed by atoms with E-state index in [-0.39, 0.29) is 12.3 Å². The molecule has 0 spiro atoms. The minimum Gasteiger partial charge on any atom is -0.486 e. The zero-order chi connectivity index (χ0) is 17.6. The second-order valence-corrected chi connectivity index (χ2v) is 6.95. The molecule has 1 N–H and O–H groups in total. The summed E-state index contributed by atoms with van der Waals surface area (Å²) in [6.45, 7) is 2.36. The Balaban J connectivity index is 1.52. The van der Waals surface area contributed by atoms with E-state index in [0.717, 1.165) is 27.7 Å². The van der Waals surface area contributed by atoms with Crippen molar-refractivity contribution in [2.24, 2.45) is 0 Å². The number of thiazole rings is 1. The van der Waals surface area contributed by atoms with E-state index in [1.165, 1.54) is 11.3 Å². The van der Waals surface area contributed by atoms with Crippen LogP contribution < -0.4 is 10.1 Å². The minimum absolute atomic E-state index is 0.0823. The molecule has 0 atom stereocenters. The van der Waals surface area contributed by atoms with Gasteiger partial charge in [-0.05, 0) is 48.9 Å². The van der Waals surface area contributed by atoms with Gasteiger partial charge in [0.05, 0.1) is 12.1 Å². The highest BCUT2D eigenvalue weighted by Gasteiger charge is 2.09. The number of anilines is 1. The second kappa shape index (κ2) is 8.14. The molecule has 0 saturated carbocycles. The van der Waals surface area contributed by atoms with E-state index in [4.69, 9.17) is 16.3 Å². The normalized spacial score (nSPS) is 10.5. The van der Waals surface area contributed by atoms with Crippen molar-refractivity contribution in [2.45, 2.75) is 20.0 Å². The van der Waals surface area contributed by atoms with Crippen molar-refractivity contribution >= 4 is 34.5 Å². The summed E-state index contributed by atoms with van der Waals surface area (Å²) in [6, 6.07) is 14.9. The quantitative estimate of drug-likeness (QED) is 0.671. The molecule has 0 aliphatic carbocycles. The van der Waals surface area contributed by atoms with Gasteiger partial charge in [0.1, 0.15) is 17.4 Å². The summed E-state index contributed by atoms with van der Waals surface area (Å²) in [5, 5.41) is 6.27. The SMILES string of the molecule is Cc1cccc(NC(=O)Cc2csc(COc3ccc(Cl)cc3)n2)c1. The van der Waals surface area contributed by atoms with Crippen LogP contribution in [-0.4, -0.2) is 10.9 Å². The number of rotatable bonds is 6. The molecule has 25 heavy (non-hydrogen) atoms. The Labute approximate surface area is 155 Å². The third kappa shape index (κ3) is 5.31. The second-order valence-electron chi connectivity index (χ2n) is 5.57. The van der Waals surface area contributed by atoms with Gasteiger partial charge in [0, 0.05) is 16.1 Å². The average Bonchev–Trinajstić information content (AvgIpc) is 3.01. The first-order valence-corrected chi connectivity index (χ1v) is 9.02. The van der Waals surface area contributed by atoms with Crippen LogP contribution in [0.3, 0.4) is 0 Å². The molecular weight excluding hydrogens is 356 g/mol. The van der Waals surface area contributed by atoms with Crippen LogP contribution in [0.5, 0.6) is 5.75 Å². The first-order valence-electron chi connectivity index (χ1n) is 7.77. The Hall–Kier alpha value is -2.37. The smallest absolute Gasteiger partial charge is 0.230 e. The molecule has 1 amide bonds. The molecule has 4 nitrogen and oxygen atoms in total. The first-order chi connectivity index (χ1) is 12.1. The van der Waals surface area contributed by atoms with Crippen molar-refractivity contribution in [1.29, 1.82) is 0 Å². The van der Waals surface area contributed by atoms with Gasteiger partial charge < -0.3 is 10.1 Å². The van der Waals surface area contributed by atoms with Crippen molar-refractivity contribution in [3.8, 4) is 5.75 Å². The van der Waals surface area contributed by atoms with Gasteiger partial charge in [0.15, 0.2) is 0 Å². The van der Waals surface area contributed by atoms with Crippen LogP contribution in [0.25, 0.3) is 0 Å². The van der Waals surface area contributed by atoms with Crippen molar-refractivity contribution in [2.75, 3.05) is 5.32 Å². The third-order valence-electron chi connectivity index (χ3n) is 3.42. The maximum Gasteiger partial charge on any atom is 0.230 e. The molecule has 128 valence electrons. The maximum absolute atomic E-state index is 12.1. The largest absolute Gasteiger partial charge is 0.486 e. The molecule has 1 aromatic heterocycles. The van der Waals surface area contributed by atoms with Crippen molar-refractivity contribution in [1.82, 2.24) is 4.98 Å².